The lowest BCUT2D eigenvalue weighted by molar-refractivity contribution is 0.191. The van der Waals surface area contributed by atoms with Crippen molar-refractivity contribution in [3.05, 3.63) is 73.0 Å². The Balaban J connectivity index is 1.63. The number of H-pyrrole nitrogens is 2. The highest BCUT2D eigenvalue weighted by Crippen LogP contribution is 2.31. The van der Waals surface area contributed by atoms with Gasteiger partial charge in [-0.25, -0.2) is 4.98 Å². The van der Waals surface area contributed by atoms with E-state index in [4.69, 9.17) is 27.9 Å². The molecule has 2 aromatic heterocycles. The summed E-state index contributed by atoms with van der Waals surface area (Å²) in [5, 5.41) is 14.5. The molecule has 160 valence electrons. The molecule has 0 saturated carbocycles. The number of aliphatic hydroxyl groups excluding tert-OH is 1. The summed E-state index contributed by atoms with van der Waals surface area (Å²) in [5.41, 5.74) is 2.44. The standard InChI is InChI=1S/C21H17BrCl2N4O3/c1-31-18-3-2-10(6-11(18)22)17(29)9-26-14-4-5-25-21(30)19(14)20-27-15-7-12(23)13(24)8-16(15)28-20/h2-8,17,29H,9H2,1H3,(H,27,28)(H2,25,26,30). The largest absolute Gasteiger partial charge is 0.496 e. The lowest BCUT2D eigenvalue weighted by Crippen LogP contribution is -2.17. The highest BCUT2D eigenvalue weighted by Gasteiger charge is 2.17. The van der Waals surface area contributed by atoms with Crippen molar-refractivity contribution < 1.29 is 9.84 Å². The first-order chi connectivity index (χ1) is 14.9. The summed E-state index contributed by atoms with van der Waals surface area (Å²) in [6.45, 7) is 0.174. The van der Waals surface area contributed by atoms with E-state index < -0.39 is 6.10 Å². The summed E-state index contributed by atoms with van der Waals surface area (Å²) in [5.74, 6) is 1.03. The van der Waals surface area contributed by atoms with Crippen molar-refractivity contribution >= 4 is 55.9 Å². The molecule has 0 spiro atoms. The number of nitrogens with zero attached hydrogens (tertiary/aromatic N) is 1. The zero-order valence-electron chi connectivity index (χ0n) is 16.2. The third-order valence-electron chi connectivity index (χ3n) is 4.77. The van der Waals surface area contributed by atoms with Gasteiger partial charge in [-0.3, -0.25) is 4.79 Å². The Bertz CT molecular complexity index is 1280. The molecule has 0 aliphatic heterocycles. The van der Waals surface area contributed by atoms with Crippen molar-refractivity contribution in [2.24, 2.45) is 0 Å². The Hall–Kier alpha value is -2.52. The molecule has 1 unspecified atom stereocenters. The third-order valence-corrected chi connectivity index (χ3v) is 6.11. The van der Waals surface area contributed by atoms with Crippen LogP contribution in [0.5, 0.6) is 5.75 Å². The van der Waals surface area contributed by atoms with Gasteiger partial charge in [0.2, 0.25) is 0 Å². The number of rotatable bonds is 6. The van der Waals surface area contributed by atoms with Gasteiger partial charge in [-0.1, -0.05) is 29.3 Å². The summed E-state index contributed by atoms with van der Waals surface area (Å²) in [7, 11) is 1.58. The van der Waals surface area contributed by atoms with Gasteiger partial charge in [-0.05, 0) is 51.8 Å². The average molecular weight is 524 g/mol. The zero-order valence-corrected chi connectivity index (χ0v) is 19.3. The Morgan fingerprint density at radius 2 is 2.00 bits per heavy atom. The van der Waals surface area contributed by atoms with Crippen LogP contribution in [0.4, 0.5) is 5.69 Å². The number of ether oxygens (including phenoxy) is 1. The van der Waals surface area contributed by atoms with E-state index in [-0.39, 0.29) is 12.1 Å². The van der Waals surface area contributed by atoms with Gasteiger partial charge in [0.15, 0.2) is 0 Å². The van der Waals surface area contributed by atoms with E-state index >= 15 is 0 Å². The van der Waals surface area contributed by atoms with E-state index in [1.165, 1.54) is 6.20 Å². The van der Waals surface area contributed by atoms with Gasteiger partial charge in [0.05, 0.1) is 44.5 Å². The number of aromatic nitrogens is 3. The minimum atomic E-state index is -0.817. The van der Waals surface area contributed by atoms with Gasteiger partial charge in [0.25, 0.3) is 5.56 Å². The quantitative estimate of drug-likeness (QED) is 0.280. The second-order valence-electron chi connectivity index (χ2n) is 6.76. The predicted octanol–water partition coefficient (Wildman–Crippen LogP) is 5.14. The summed E-state index contributed by atoms with van der Waals surface area (Å²) < 4.78 is 5.96. The number of imidazole rings is 1. The zero-order chi connectivity index (χ0) is 22.1. The first kappa shape index (κ1) is 21.7. The Kier molecular flexibility index (Phi) is 6.24. The van der Waals surface area contributed by atoms with Crippen LogP contribution in [0.15, 0.2) is 51.9 Å². The molecule has 4 aromatic rings. The molecule has 0 fully saturated rings. The number of fused-ring (bicyclic) bond motifs is 1. The SMILES string of the molecule is COc1ccc(C(O)CNc2cc[nH]c(=O)c2-c2nc3cc(Cl)c(Cl)cc3[nH]2)cc1Br. The molecule has 0 saturated heterocycles. The normalized spacial score (nSPS) is 12.2. The first-order valence-corrected chi connectivity index (χ1v) is 10.7. The molecule has 0 radical (unpaired) electrons. The lowest BCUT2D eigenvalue weighted by atomic mass is 10.1. The highest BCUT2D eigenvalue weighted by atomic mass is 79.9. The molecule has 0 aliphatic carbocycles. The average Bonchev–Trinajstić information content (AvgIpc) is 3.14. The molecular weight excluding hydrogens is 507 g/mol. The van der Waals surface area contributed by atoms with E-state index in [1.54, 1.807) is 43.5 Å². The molecule has 10 heteroatoms. The van der Waals surface area contributed by atoms with Crippen LogP contribution in [-0.4, -0.2) is 33.7 Å². The first-order valence-electron chi connectivity index (χ1n) is 9.19. The molecule has 7 nitrogen and oxygen atoms in total. The van der Waals surface area contributed by atoms with Crippen LogP contribution in [0.2, 0.25) is 10.0 Å². The van der Waals surface area contributed by atoms with Crippen molar-refractivity contribution in [3.63, 3.8) is 0 Å². The van der Waals surface area contributed by atoms with Crippen molar-refractivity contribution in [2.75, 3.05) is 19.0 Å². The van der Waals surface area contributed by atoms with Gasteiger partial charge in [-0.2, -0.15) is 0 Å². The number of hydrogen-bond donors (Lipinski definition) is 4. The highest BCUT2D eigenvalue weighted by molar-refractivity contribution is 9.10. The molecule has 1 atom stereocenters. The van der Waals surface area contributed by atoms with Crippen LogP contribution in [0, 0.1) is 0 Å². The second-order valence-corrected chi connectivity index (χ2v) is 8.42. The molecule has 2 heterocycles. The number of pyridine rings is 1. The number of benzene rings is 2. The van der Waals surface area contributed by atoms with Crippen molar-refractivity contribution in [2.45, 2.75) is 6.10 Å². The van der Waals surface area contributed by atoms with Crippen LogP contribution in [0.3, 0.4) is 0 Å². The maximum absolute atomic E-state index is 12.6. The Morgan fingerprint density at radius 1 is 1.23 bits per heavy atom. The minimum absolute atomic E-state index is 0.174. The summed E-state index contributed by atoms with van der Waals surface area (Å²) in [4.78, 5) is 22.8. The topological polar surface area (TPSA) is 103 Å². The lowest BCUT2D eigenvalue weighted by Gasteiger charge is -2.16. The molecule has 4 rings (SSSR count). The van der Waals surface area contributed by atoms with Crippen LogP contribution < -0.4 is 15.6 Å². The van der Waals surface area contributed by atoms with Crippen molar-refractivity contribution in [3.8, 4) is 17.1 Å². The maximum atomic E-state index is 12.6. The van der Waals surface area contributed by atoms with Crippen LogP contribution in [0.25, 0.3) is 22.4 Å². The molecule has 0 aliphatic rings. The number of halogens is 3. The monoisotopic (exact) mass is 522 g/mol. The molecule has 0 bridgehead atoms. The Labute approximate surface area is 195 Å². The van der Waals surface area contributed by atoms with E-state index in [0.717, 1.165) is 4.47 Å². The number of methoxy groups -OCH3 is 1. The van der Waals surface area contributed by atoms with Crippen LogP contribution in [0.1, 0.15) is 11.7 Å². The number of anilines is 1. The van der Waals surface area contributed by atoms with Crippen molar-refractivity contribution in [1.29, 1.82) is 0 Å². The summed E-state index contributed by atoms with van der Waals surface area (Å²) >= 11 is 15.6. The minimum Gasteiger partial charge on any atom is -0.496 e. The van der Waals surface area contributed by atoms with Gasteiger partial charge in [0, 0.05) is 12.7 Å². The molecule has 4 N–H and O–H groups in total. The van der Waals surface area contributed by atoms with E-state index in [1.807, 2.05) is 0 Å². The maximum Gasteiger partial charge on any atom is 0.261 e. The molecule has 31 heavy (non-hydrogen) atoms. The van der Waals surface area contributed by atoms with Crippen molar-refractivity contribution in [1.82, 2.24) is 15.0 Å². The second kappa shape index (κ2) is 8.92. The van der Waals surface area contributed by atoms with Gasteiger partial charge in [-0.15, -0.1) is 0 Å². The smallest absolute Gasteiger partial charge is 0.261 e. The van der Waals surface area contributed by atoms with E-state index in [2.05, 4.69) is 36.2 Å². The molecular formula is C21H17BrCl2N4O3. The molecule has 0 amide bonds. The number of nitrogens with one attached hydrogen (secondary N) is 3. The van der Waals surface area contributed by atoms with Crippen LogP contribution in [-0.2, 0) is 0 Å². The molecule has 2 aromatic carbocycles. The predicted molar refractivity (Wildman–Crippen MR) is 126 cm³/mol. The van der Waals surface area contributed by atoms with Crippen LogP contribution >= 0.6 is 39.1 Å². The fraction of sp³-hybridized carbons (Fsp3) is 0.143. The fourth-order valence-corrected chi connectivity index (χ4v) is 4.08. The van der Waals surface area contributed by atoms with E-state index in [0.29, 0.717) is 49.5 Å². The third kappa shape index (κ3) is 4.43. The summed E-state index contributed by atoms with van der Waals surface area (Å²) in [6, 6.07) is 10.3. The Morgan fingerprint density at radius 3 is 2.74 bits per heavy atom. The fourth-order valence-electron chi connectivity index (χ4n) is 3.20. The van der Waals surface area contributed by atoms with Gasteiger partial charge < -0.3 is 25.1 Å². The number of aromatic amines is 2. The van der Waals surface area contributed by atoms with Gasteiger partial charge in [0.1, 0.15) is 17.1 Å². The van der Waals surface area contributed by atoms with Gasteiger partial charge >= 0.3 is 0 Å². The number of aliphatic hydroxyl groups is 1. The number of hydrogen-bond acceptors (Lipinski definition) is 5. The summed E-state index contributed by atoms with van der Waals surface area (Å²) in [6.07, 6.45) is 0.712. The van der Waals surface area contributed by atoms with E-state index in [9.17, 15) is 9.90 Å².